The van der Waals surface area contributed by atoms with Crippen LogP contribution >= 0.6 is 0 Å². The fourth-order valence-electron chi connectivity index (χ4n) is 2.51. The lowest BCUT2D eigenvalue weighted by atomic mass is 10.0. The van der Waals surface area contributed by atoms with E-state index in [1.54, 1.807) is 44.3 Å². The zero-order chi connectivity index (χ0) is 16.4. The van der Waals surface area contributed by atoms with Gasteiger partial charge in [0.15, 0.2) is 5.82 Å². The molecule has 6 heteroatoms. The van der Waals surface area contributed by atoms with E-state index in [4.69, 9.17) is 4.74 Å². The minimum atomic E-state index is -0.815. The molecule has 2 aromatic rings. The molecule has 0 saturated heterocycles. The fourth-order valence-corrected chi connectivity index (χ4v) is 2.51. The molecule has 118 valence electrons. The molecule has 1 aliphatic rings. The Morgan fingerprint density at radius 3 is 2.65 bits per heavy atom. The van der Waals surface area contributed by atoms with Gasteiger partial charge in [-0.1, -0.05) is 30.3 Å². The van der Waals surface area contributed by atoms with E-state index in [1.807, 2.05) is 18.2 Å². The molecule has 0 unspecified atom stereocenters. The summed E-state index contributed by atoms with van der Waals surface area (Å²) >= 11 is 0. The van der Waals surface area contributed by atoms with E-state index in [9.17, 15) is 9.59 Å². The van der Waals surface area contributed by atoms with Gasteiger partial charge in [0.1, 0.15) is 6.04 Å². The van der Waals surface area contributed by atoms with Crippen LogP contribution in [0.4, 0.5) is 16.3 Å². The molecule has 0 bridgehead atoms. The van der Waals surface area contributed by atoms with Crippen molar-refractivity contribution >= 4 is 23.5 Å². The first kappa shape index (κ1) is 15.0. The number of nitrogens with zero attached hydrogens (tertiary/aromatic N) is 2. The maximum atomic E-state index is 12.6. The van der Waals surface area contributed by atoms with E-state index in [1.165, 1.54) is 4.90 Å². The molecule has 0 spiro atoms. The normalized spacial score (nSPS) is 16.7. The molecule has 6 nitrogen and oxygen atoms in total. The van der Waals surface area contributed by atoms with Crippen molar-refractivity contribution in [1.29, 1.82) is 0 Å². The van der Waals surface area contributed by atoms with Crippen LogP contribution in [0.15, 0.2) is 48.7 Å². The number of anilines is 2. The van der Waals surface area contributed by atoms with Crippen LogP contribution in [0.3, 0.4) is 0 Å². The smallest absolute Gasteiger partial charge is 0.416 e. The van der Waals surface area contributed by atoms with Gasteiger partial charge in [0.05, 0.1) is 11.8 Å². The first-order valence-corrected chi connectivity index (χ1v) is 7.38. The summed E-state index contributed by atoms with van der Waals surface area (Å²) < 4.78 is 5.31. The van der Waals surface area contributed by atoms with E-state index < -0.39 is 12.1 Å². The molecular formula is C17H17N3O3. The molecule has 0 aliphatic carbocycles. The van der Waals surface area contributed by atoms with E-state index in [0.717, 1.165) is 0 Å². The van der Waals surface area contributed by atoms with Crippen molar-refractivity contribution in [2.45, 2.75) is 26.0 Å². The molecule has 0 fully saturated rings. The average molecular weight is 311 g/mol. The lowest BCUT2D eigenvalue weighted by Gasteiger charge is -2.35. The number of benzene rings is 1. The Hall–Kier alpha value is -2.89. The lowest BCUT2D eigenvalue weighted by molar-refractivity contribution is -0.117. The number of carbonyl (C=O) groups excluding carboxylic acids is 2. The molecule has 1 aromatic carbocycles. The predicted molar refractivity (Wildman–Crippen MR) is 86.1 cm³/mol. The van der Waals surface area contributed by atoms with Crippen molar-refractivity contribution in [1.82, 2.24) is 4.98 Å². The van der Waals surface area contributed by atoms with E-state index in [-0.39, 0.29) is 12.0 Å². The Morgan fingerprint density at radius 2 is 1.96 bits per heavy atom. The van der Waals surface area contributed by atoms with Crippen molar-refractivity contribution < 1.29 is 14.3 Å². The third-order valence-electron chi connectivity index (χ3n) is 3.43. The summed E-state index contributed by atoms with van der Waals surface area (Å²) in [6.07, 6.45) is 0.688. The summed E-state index contributed by atoms with van der Waals surface area (Å²) in [7, 11) is 0. The van der Waals surface area contributed by atoms with Gasteiger partial charge in [-0.25, -0.2) is 14.7 Å². The molecule has 1 aliphatic heterocycles. The highest BCUT2D eigenvalue weighted by atomic mass is 16.6. The minimum absolute atomic E-state index is 0.294. The number of fused-ring (bicyclic) bond motifs is 1. The van der Waals surface area contributed by atoms with Gasteiger partial charge >= 0.3 is 6.09 Å². The van der Waals surface area contributed by atoms with Gasteiger partial charge in [-0.3, -0.25) is 4.79 Å². The number of nitrogens with one attached hydrogen (secondary N) is 1. The van der Waals surface area contributed by atoms with Gasteiger partial charge in [-0.05, 0) is 31.5 Å². The minimum Gasteiger partial charge on any atom is -0.446 e. The quantitative estimate of drug-likeness (QED) is 0.925. The van der Waals surface area contributed by atoms with Crippen molar-refractivity contribution in [3.8, 4) is 0 Å². The summed E-state index contributed by atoms with van der Waals surface area (Å²) in [5, 5.41) is 2.80. The van der Waals surface area contributed by atoms with Crippen LogP contribution in [-0.4, -0.2) is 23.1 Å². The molecule has 0 saturated carbocycles. The molecule has 2 amide bonds. The van der Waals surface area contributed by atoms with Gasteiger partial charge in [-0.15, -0.1) is 0 Å². The SMILES string of the molecule is CC(C)OC(=O)N1c2ncccc2NC(=O)[C@@H]1c1ccccc1. The molecule has 0 radical (unpaired) electrons. The van der Waals surface area contributed by atoms with Crippen molar-refractivity contribution in [2.75, 3.05) is 10.2 Å². The van der Waals surface area contributed by atoms with Crippen LogP contribution in [-0.2, 0) is 9.53 Å². The van der Waals surface area contributed by atoms with Crippen LogP contribution < -0.4 is 10.2 Å². The second-order valence-electron chi connectivity index (χ2n) is 5.48. The first-order chi connectivity index (χ1) is 11.1. The fraction of sp³-hybridized carbons (Fsp3) is 0.235. The van der Waals surface area contributed by atoms with E-state index >= 15 is 0 Å². The monoisotopic (exact) mass is 311 g/mol. The zero-order valence-electron chi connectivity index (χ0n) is 12.9. The topological polar surface area (TPSA) is 71.5 Å². The molecular weight excluding hydrogens is 294 g/mol. The predicted octanol–water partition coefficient (Wildman–Crippen LogP) is 3.13. The Labute approximate surface area is 134 Å². The van der Waals surface area contributed by atoms with Gasteiger partial charge in [0, 0.05) is 6.20 Å². The standard InChI is InChI=1S/C17H17N3O3/c1-11(2)23-17(22)20-14(12-7-4-3-5-8-12)16(21)19-13-9-6-10-18-15(13)20/h3-11,14H,1-2H3,(H,19,21)/t14-/m0/s1. The summed E-state index contributed by atoms with van der Waals surface area (Å²) in [4.78, 5) is 30.7. The number of carbonyl (C=O) groups is 2. The van der Waals surface area contributed by atoms with Gasteiger partial charge in [-0.2, -0.15) is 0 Å². The van der Waals surface area contributed by atoms with Crippen molar-refractivity contribution in [3.63, 3.8) is 0 Å². The van der Waals surface area contributed by atoms with Gasteiger partial charge in [0.2, 0.25) is 0 Å². The second-order valence-corrected chi connectivity index (χ2v) is 5.48. The van der Waals surface area contributed by atoms with E-state index in [2.05, 4.69) is 10.3 Å². The second kappa shape index (κ2) is 6.08. The third kappa shape index (κ3) is 2.88. The number of ether oxygens (including phenoxy) is 1. The van der Waals surface area contributed by atoms with Crippen LogP contribution in [0, 0.1) is 0 Å². The zero-order valence-corrected chi connectivity index (χ0v) is 12.9. The van der Waals surface area contributed by atoms with Crippen LogP contribution in [0.1, 0.15) is 25.5 Å². The Bertz CT molecular complexity index is 731. The van der Waals surface area contributed by atoms with Gasteiger partial charge < -0.3 is 10.1 Å². The molecule has 1 N–H and O–H groups in total. The highest BCUT2D eigenvalue weighted by molar-refractivity contribution is 6.09. The Morgan fingerprint density at radius 1 is 1.22 bits per heavy atom. The largest absolute Gasteiger partial charge is 0.446 e. The lowest BCUT2D eigenvalue weighted by Crippen LogP contribution is -2.46. The molecule has 23 heavy (non-hydrogen) atoms. The highest BCUT2D eigenvalue weighted by Gasteiger charge is 2.40. The summed E-state index contributed by atoms with van der Waals surface area (Å²) in [5.74, 6) is 0.0870. The van der Waals surface area contributed by atoms with E-state index in [0.29, 0.717) is 17.1 Å². The van der Waals surface area contributed by atoms with Crippen LogP contribution in [0.5, 0.6) is 0 Å². The number of aromatic nitrogens is 1. The maximum Gasteiger partial charge on any atom is 0.416 e. The summed E-state index contributed by atoms with van der Waals surface area (Å²) in [5.41, 5.74) is 1.19. The number of hydrogen-bond donors (Lipinski definition) is 1. The maximum absolute atomic E-state index is 12.6. The Kier molecular flexibility index (Phi) is 3.97. The van der Waals surface area contributed by atoms with Crippen LogP contribution in [0.25, 0.3) is 0 Å². The summed E-state index contributed by atoms with van der Waals surface area (Å²) in [6.45, 7) is 3.53. The van der Waals surface area contributed by atoms with Crippen molar-refractivity contribution in [2.24, 2.45) is 0 Å². The average Bonchev–Trinajstić information content (AvgIpc) is 2.53. The third-order valence-corrected chi connectivity index (χ3v) is 3.43. The number of rotatable bonds is 2. The molecule has 3 rings (SSSR count). The highest BCUT2D eigenvalue weighted by Crippen LogP contribution is 2.37. The molecule has 1 aromatic heterocycles. The van der Waals surface area contributed by atoms with Crippen LogP contribution in [0.2, 0.25) is 0 Å². The number of amides is 2. The number of pyridine rings is 1. The Balaban J connectivity index is 2.10. The number of hydrogen-bond acceptors (Lipinski definition) is 4. The van der Waals surface area contributed by atoms with Gasteiger partial charge in [0.25, 0.3) is 5.91 Å². The first-order valence-electron chi connectivity index (χ1n) is 7.38. The van der Waals surface area contributed by atoms with Crippen molar-refractivity contribution in [3.05, 3.63) is 54.2 Å². The summed E-state index contributed by atoms with van der Waals surface area (Å²) in [6, 6.07) is 11.7. The molecule has 1 atom stereocenters. The molecule has 2 heterocycles.